The van der Waals surface area contributed by atoms with Crippen LogP contribution in [0.2, 0.25) is 0 Å². The molecule has 0 saturated heterocycles. The van der Waals surface area contributed by atoms with Crippen LogP contribution in [0, 0.1) is 0 Å². The number of likely N-dealkylation sites (N-methyl/N-ethyl adjacent to an activating group) is 1. The monoisotopic (exact) mass is 256 g/mol. The summed E-state index contributed by atoms with van der Waals surface area (Å²) in [6, 6.07) is 0. The third-order valence-corrected chi connectivity index (χ3v) is 3.70. The molecule has 0 spiro atoms. The van der Waals surface area contributed by atoms with Crippen LogP contribution in [0.4, 0.5) is 0 Å². The fraction of sp³-hybridized carbons (Fsp3) is 0.667. The van der Waals surface area contributed by atoms with Crippen LogP contribution in [-0.2, 0) is 16.8 Å². The summed E-state index contributed by atoms with van der Waals surface area (Å²) in [6.07, 6.45) is 0. The maximum atomic E-state index is 10.7. The Hall–Kier alpha value is -0.940. The highest BCUT2D eigenvalue weighted by Crippen LogP contribution is 2.25. The number of nitrogens with zero attached hydrogens (tertiary/aromatic N) is 2. The smallest absolute Gasteiger partial charge is 0.317 e. The van der Waals surface area contributed by atoms with E-state index in [0.717, 1.165) is 10.7 Å². The van der Waals surface area contributed by atoms with Crippen molar-refractivity contribution < 1.29 is 9.90 Å². The van der Waals surface area contributed by atoms with E-state index in [2.05, 4.69) is 25.8 Å². The molecule has 4 nitrogen and oxygen atoms in total. The molecule has 1 aromatic heterocycles. The van der Waals surface area contributed by atoms with Gasteiger partial charge in [-0.15, -0.1) is 11.3 Å². The van der Waals surface area contributed by atoms with E-state index in [1.807, 2.05) is 17.2 Å². The van der Waals surface area contributed by atoms with E-state index in [-0.39, 0.29) is 12.0 Å². The molecule has 1 aromatic rings. The van der Waals surface area contributed by atoms with Crippen molar-refractivity contribution in [2.75, 3.05) is 13.1 Å². The first kappa shape index (κ1) is 14.1. The lowest BCUT2D eigenvalue weighted by Crippen LogP contribution is -2.29. The lowest BCUT2D eigenvalue weighted by atomic mass is 9.98. The normalized spacial score (nSPS) is 12.1. The third-order valence-electron chi connectivity index (χ3n) is 2.39. The molecule has 0 aromatic carbocycles. The Balaban J connectivity index is 2.68. The molecule has 0 saturated carbocycles. The maximum absolute atomic E-state index is 10.7. The van der Waals surface area contributed by atoms with Crippen LogP contribution >= 0.6 is 11.3 Å². The van der Waals surface area contributed by atoms with Gasteiger partial charge in [-0.05, 0) is 6.54 Å². The minimum absolute atomic E-state index is 0.0623. The van der Waals surface area contributed by atoms with Crippen LogP contribution in [-0.4, -0.2) is 34.0 Å². The molecule has 1 heterocycles. The van der Waals surface area contributed by atoms with Gasteiger partial charge in [0.25, 0.3) is 0 Å². The van der Waals surface area contributed by atoms with E-state index in [1.54, 1.807) is 11.3 Å². The highest BCUT2D eigenvalue weighted by atomic mass is 32.1. The fourth-order valence-electron chi connectivity index (χ4n) is 1.42. The van der Waals surface area contributed by atoms with Crippen LogP contribution in [0.25, 0.3) is 0 Å². The van der Waals surface area contributed by atoms with E-state index >= 15 is 0 Å². The van der Waals surface area contributed by atoms with Gasteiger partial charge in [-0.25, -0.2) is 4.98 Å². The van der Waals surface area contributed by atoms with Crippen LogP contribution in [0.5, 0.6) is 0 Å². The number of hydrogen-bond acceptors (Lipinski definition) is 4. The lowest BCUT2D eigenvalue weighted by Gasteiger charge is -2.17. The van der Waals surface area contributed by atoms with E-state index in [1.165, 1.54) is 0 Å². The number of carbonyl (C=O) groups is 1. The molecule has 1 rings (SSSR count). The fourth-order valence-corrected chi connectivity index (χ4v) is 2.32. The van der Waals surface area contributed by atoms with Crippen molar-refractivity contribution in [1.29, 1.82) is 0 Å². The molecule has 1 N–H and O–H groups in total. The molecule has 0 fully saturated rings. The van der Waals surface area contributed by atoms with Crippen molar-refractivity contribution in [3.8, 4) is 0 Å². The van der Waals surface area contributed by atoms with Crippen LogP contribution in [0.1, 0.15) is 38.4 Å². The molecule has 0 bridgehead atoms. The average Bonchev–Trinajstić information content (AvgIpc) is 2.63. The molecule has 5 heteroatoms. The van der Waals surface area contributed by atoms with Gasteiger partial charge in [0.1, 0.15) is 0 Å². The molecule has 0 radical (unpaired) electrons. The number of hydrogen-bond donors (Lipinski definition) is 1. The highest BCUT2D eigenvalue weighted by Gasteiger charge is 2.18. The Labute approximate surface area is 106 Å². The second-order valence-corrected chi connectivity index (χ2v) is 5.95. The molecule has 0 amide bonds. The van der Waals surface area contributed by atoms with Crippen molar-refractivity contribution in [3.63, 3.8) is 0 Å². The van der Waals surface area contributed by atoms with Crippen molar-refractivity contribution in [2.24, 2.45) is 0 Å². The summed E-state index contributed by atoms with van der Waals surface area (Å²) in [4.78, 5) is 17.1. The SMILES string of the molecule is CCN(CC(=O)O)Cc1csc(C(C)(C)C)n1. The van der Waals surface area contributed by atoms with E-state index in [9.17, 15) is 4.79 Å². The van der Waals surface area contributed by atoms with Gasteiger partial charge in [0.05, 0.1) is 17.2 Å². The largest absolute Gasteiger partial charge is 0.480 e. The second-order valence-electron chi connectivity index (χ2n) is 5.09. The summed E-state index contributed by atoms with van der Waals surface area (Å²) < 4.78 is 0. The Bertz CT molecular complexity index is 382. The molecular weight excluding hydrogens is 236 g/mol. The van der Waals surface area contributed by atoms with Crippen molar-refractivity contribution in [3.05, 3.63) is 16.1 Å². The third kappa shape index (κ3) is 4.44. The van der Waals surface area contributed by atoms with E-state index < -0.39 is 5.97 Å². The van der Waals surface area contributed by atoms with E-state index in [0.29, 0.717) is 13.1 Å². The summed E-state index contributed by atoms with van der Waals surface area (Å²) >= 11 is 1.64. The number of rotatable bonds is 5. The lowest BCUT2D eigenvalue weighted by molar-refractivity contribution is -0.138. The molecule has 0 aliphatic carbocycles. The zero-order valence-corrected chi connectivity index (χ0v) is 11.7. The predicted octanol–water partition coefficient (Wildman–Crippen LogP) is 2.35. The van der Waals surface area contributed by atoms with Gasteiger partial charge in [0.2, 0.25) is 0 Å². The minimum Gasteiger partial charge on any atom is -0.480 e. The quantitative estimate of drug-likeness (QED) is 0.878. The maximum Gasteiger partial charge on any atom is 0.317 e. The van der Waals surface area contributed by atoms with Crippen molar-refractivity contribution in [2.45, 2.75) is 39.7 Å². The Kier molecular flexibility index (Phi) is 4.65. The van der Waals surface area contributed by atoms with Crippen LogP contribution in [0.15, 0.2) is 5.38 Å². The highest BCUT2D eigenvalue weighted by molar-refractivity contribution is 7.09. The van der Waals surface area contributed by atoms with Crippen LogP contribution in [0.3, 0.4) is 0 Å². The number of carboxylic acids is 1. The summed E-state index contributed by atoms with van der Waals surface area (Å²) in [5.41, 5.74) is 1.02. The zero-order valence-electron chi connectivity index (χ0n) is 10.9. The Morgan fingerprint density at radius 2 is 2.18 bits per heavy atom. The van der Waals surface area contributed by atoms with Gasteiger partial charge < -0.3 is 5.11 Å². The molecule has 0 atom stereocenters. The standard InChI is InChI=1S/C12H20N2O2S/c1-5-14(7-10(15)16)6-9-8-17-11(13-9)12(2,3)4/h8H,5-7H2,1-4H3,(H,15,16). The van der Waals surface area contributed by atoms with Crippen molar-refractivity contribution >= 4 is 17.3 Å². The Morgan fingerprint density at radius 3 is 2.59 bits per heavy atom. The molecule has 96 valence electrons. The Morgan fingerprint density at radius 1 is 1.53 bits per heavy atom. The predicted molar refractivity (Wildman–Crippen MR) is 69.4 cm³/mol. The first-order valence-corrected chi connectivity index (χ1v) is 6.60. The van der Waals surface area contributed by atoms with Crippen LogP contribution < -0.4 is 0 Å². The van der Waals surface area contributed by atoms with E-state index in [4.69, 9.17) is 5.11 Å². The van der Waals surface area contributed by atoms with Gasteiger partial charge >= 0.3 is 5.97 Å². The number of aromatic nitrogens is 1. The number of carboxylic acid groups (broad SMARTS) is 1. The topological polar surface area (TPSA) is 53.4 Å². The second kappa shape index (κ2) is 5.60. The summed E-state index contributed by atoms with van der Waals surface area (Å²) in [5, 5.41) is 11.9. The molecular formula is C12H20N2O2S. The first-order valence-electron chi connectivity index (χ1n) is 5.72. The zero-order chi connectivity index (χ0) is 13.1. The van der Waals surface area contributed by atoms with Gasteiger partial charge in [0, 0.05) is 17.3 Å². The molecule has 0 aliphatic heterocycles. The number of aliphatic carboxylic acids is 1. The molecule has 0 aliphatic rings. The van der Waals surface area contributed by atoms with Gasteiger partial charge in [-0.3, -0.25) is 9.69 Å². The summed E-state index contributed by atoms with van der Waals surface area (Å²) in [6.45, 7) is 9.74. The van der Waals surface area contributed by atoms with Gasteiger partial charge in [-0.2, -0.15) is 0 Å². The summed E-state index contributed by atoms with van der Waals surface area (Å²) in [5.74, 6) is -0.793. The number of thiazole rings is 1. The van der Waals surface area contributed by atoms with Gasteiger partial charge in [0.15, 0.2) is 0 Å². The summed E-state index contributed by atoms with van der Waals surface area (Å²) in [7, 11) is 0. The average molecular weight is 256 g/mol. The molecule has 0 unspecified atom stereocenters. The molecule has 17 heavy (non-hydrogen) atoms. The minimum atomic E-state index is -0.793. The van der Waals surface area contributed by atoms with Crippen molar-refractivity contribution in [1.82, 2.24) is 9.88 Å². The first-order chi connectivity index (χ1) is 7.82. The van der Waals surface area contributed by atoms with Gasteiger partial charge in [-0.1, -0.05) is 27.7 Å².